The summed E-state index contributed by atoms with van der Waals surface area (Å²) in [5, 5.41) is 2.79. The number of piperidine rings is 1. The smallest absolute Gasteiger partial charge is 0.251 e. The first-order chi connectivity index (χ1) is 14.4. The molecule has 0 radical (unpaired) electrons. The number of amides is 1. The Morgan fingerprint density at radius 2 is 1.80 bits per heavy atom. The third kappa shape index (κ3) is 5.37. The van der Waals surface area contributed by atoms with Crippen molar-refractivity contribution in [2.45, 2.75) is 30.6 Å². The molecule has 1 heterocycles. The van der Waals surface area contributed by atoms with Gasteiger partial charge in [0.05, 0.1) is 0 Å². The number of nitrogens with zero attached hydrogens (tertiary/aromatic N) is 2. The van der Waals surface area contributed by atoms with Crippen LogP contribution < -0.4 is 10.2 Å². The summed E-state index contributed by atoms with van der Waals surface area (Å²) in [4.78, 5) is 14.1. The predicted octanol–water partition coefficient (Wildman–Crippen LogP) is 3.26. The number of hydrogen-bond donors (Lipinski definition) is 1. The van der Waals surface area contributed by atoms with Crippen LogP contribution in [0.5, 0.6) is 0 Å². The highest BCUT2D eigenvalue weighted by Gasteiger charge is 2.29. The van der Waals surface area contributed by atoms with Crippen LogP contribution in [-0.4, -0.2) is 51.9 Å². The molecule has 2 aromatic rings. The third-order valence-electron chi connectivity index (χ3n) is 5.28. The molecule has 0 saturated carbocycles. The number of hydrogen-bond acceptors (Lipinski definition) is 4. The van der Waals surface area contributed by atoms with Gasteiger partial charge in [-0.15, -0.1) is 0 Å². The second-order valence-corrected chi connectivity index (χ2v) is 9.38. The van der Waals surface area contributed by atoms with Gasteiger partial charge in [0.1, 0.15) is 10.7 Å². The summed E-state index contributed by atoms with van der Waals surface area (Å²) in [7, 11) is -1.96. The summed E-state index contributed by atoms with van der Waals surface area (Å²) < 4.78 is 41.2. The lowest BCUT2D eigenvalue weighted by Crippen LogP contribution is -2.36. The van der Waals surface area contributed by atoms with Crippen LogP contribution >= 0.6 is 0 Å². The fourth-order valence-electron chi connectivity index (χ4n) is 3.52. The Balaban J connectivity index is 1.59. The number of para-hydroxylation sites is 1. The van der Waals surface area contributed by atoms with Crippen molar-refractivity contribution in [1.82, 2.24) is 9.62 Å². The van der Waals surface area contributed by atoms with Crippen LogP contribution in [0, 0.1) is 5.82 Å². The second-order valence-electron chi connectivity index (χ2n) is 7.48. The summed E-state index contributed by atoms with van der Waals surface area (Å²) in [5.74, 6) is -1.24. The summed E-state index contributed by atoms with van der Waals surface area (Å²) >= 11 is 0. The highest BCUT2D eigenvalue weighted by Crippen LogP contribution is 2.24. The molecule has 1 aliphatic heterocycles. The number of nitrogens with one attached hydrogen (secondary N) is 1. The fourth-order valence-corrected chi connectivity index (χ4v) is 5.13. The molecule has 1 N–H and O–H groups in total. The summed E-state index contributed by atoms with van der Waals surface area (Å²) in [5.41, 5.74) is 1.23. The summed E-state index contributed by atoms with van der Waals surface area (Å²) in [6.07, 6.45) is 3.21. The fraction of sp³-hybridized carbons (Fsp3) is 0.409. The predicted molar refractivity (Wildman–Crippen MR) is 116 cm³/mol. The van der Waals surface area contributed by atoms with E-state index in [-0.39, 0.29) is 5.56 Å². The van der Waals surface area contributed by atoms with Crippen molar-refractivity contribution in [3.8, 4) is 0 Å². The van der Waals surface area contributed by atoms with Crippen LogP contribution in [0.3, 0.4) is 0 Å². The average molecular weight is 434 g/mol. The van der Waals surface area contributed by atoms with Crippen molar-refractivity contribution in [3.63, 3.8) is 0 Å². The van der Waals surface area contributed by atoms with E-state index >= 15 is 0 Å². The molecule has 1 fully saturated rings. The van der Waals surface area contributed by atoms with Gasteiger partial charge in [-0.25, -0.2) is 12.8 Å². The minimum atomic E-state index is -3.94. The summed E-state index contributed by atoms with van der Waals surface area (Å²) in [6, 6.07) is 13.4. The highest BCUT2D eigenvalue weighted by atomic mass is 32.2. The van der Waals surface area contributed by atoms with Crippen LogP contribution in [0.4, 0.5) is 10.1 Å². The lowest BCUT2D eigenvalue weighted by atomic mass is 10.2. The molecule has 0 unspecified atom stereocenters. The molecule has 0 aromatic heterocycles. The first-order valence-electron chi connectivity index (χ1n) is 10.2. The molecular formula is C22H28FN3O3S. The van der Waals surface area contributed by atoms with E-state index in [1.54, 1.807) is 0 Å². The zero-order valence-electron chi connectivity index (χ0n) is 17.2. The van der Waals surface area contributed by atoms with E-state index in [2.05, 4.69) is 10.2 Å². The molecule has 1 saturated heterocycles. The molecule has 0 aliphatic carbocycles. The SMILES string of the molecule is CN(CCCNC(=O)c1ccc(F)c(S(=O)(=O)N2CCCCC2)c1)c1ccccc1. The largest absolute Gasteiger partial charge is 0.375 e. The Bertz CT molecular complexity index is 961. The van der Waals surface area contributed by atoms with Crippen molar-refractivity contribution in [2.75, 3.05) is 38.1 Å². The van der Waals surface area contributed by atoms with Gasteiger partial charge in [-0.05, 0) is 49.6 Å². The molecule has 6 nitrogen and oxygen atoms in total. The standard InChI is InChI=1S/C22H28FN3O3S/c1-25(19-9-4-2-5-10-19)14-8-13-24-22(27)18-11-12-20(23)21(17-18)30(28,29)26-15-6-3-7-16-26/h2,4-5,9-12,17H,3,6-8,13-16H2,1H3,(H,24,27). The number of sulfonamides is 1. The maximum atomic E-state index is 14.3. The van der Waals surface area contributed by atoms with Crippen LogP contribution in [0.2, 0.25) is 0 Å². The van der Waals surface area contributed by atoms with Crippen LogP contribution in [0.1, 0.15) is 36.0 Å². The Hall–Kier alpha value is -2.45. The molecule has 0 bridgehead atoms. The van der Waals surface area contributed by atoms with Gasteiger partial charge in [-0.2, -0.15) is 4.31 Å². The Morgan fingerprint density at radius 3 is 2.50 bits per heavy atom. The molecule has 1 aliphatic rings. The lowest BCUT2D eigenvalue weighted by Gasteiger charge is -2.26. The van der Waals surface area contributed by atoms with E-state index in [1.165, 1.54) is 10.4 Å². The van der Waals surface area contributed by atoms with Gasteiger partial charge in [0.15, 0.2) is 0 Å². The van der Waals surface area contributed by atoms with Gasteiger partial charge >= 0.3 is 0 Å². The van der Waals surface area contributed by atoms with Crippen molar-refractivity contribution >= 4 is 21.6 Å². The number of benzene rings is 2. The van der Waals surface area contributed by atoms with Gasteiger partial charge in [-0.3, -0.25) is 4.79 Å². The van der Waals surface area contributed by atoms with E-state index < -0.39 is 26.6 Å². The number of rotatable bonds is 8. The van der Waals surface area contributed by atoms with Crippen molar-refractivity contribution in [3.05, 3.63) is 59.9 Å². The molecule has 0 atom stereocenters. The first kappa shape index (κ1) is 22.2. The molecule has 8 heteroatoms. The van der Waals surface area contributed by atoms with E-state index in [0.29, 0.717) is 19.6 Å². The number of carbonyl (C=O) groups excluding carboxylic acids is 1. The van der Waals surface area contributed by atoms with E-state index in [9.17, 15) is 17.6 Å². The minimum absolute atomic E-state index is 0.142. The lowest BCUT2D eigenvalue weighted by molar-refractivity contribution is 0.0953. The molecule has 30 heavy (non-hydrogen) atoms. The first-order valence-corrected chi connectivity index (χ1v) is 11.7. The van der Waals surface area contributed by atoms with Crippen molar-refractivity contribution in [2.24, 2.45) is 0 Å². The molecule has 0 spiro atoms. The Labute approximate surface area is 177 Å². The van der Waals surface area contributed by atoms with Gasteiger partial charge in [-0.1, -0.05) is 24.6 Å². The third-order valence-corrected chi connectivity index (χ3v) is 7.19. The number of carbonyl (C=O) groups is 1. The Morgan fingerprint density at radius 1 is 1.10 bits per heavy atom. The molecule has 162 valence electrons. The quantitative estimate of drug-likeness (QED) is 0.649. The molecule has 3 rings (SSSR count). The molecule has 2 aromatic carbocycles. The zero-order chi connectivity index (χ0) is 21.6. The topological polar surface area (TPSA) is 69.7 Å². The normalized spacial score (nSPS) is 15.0. The van der Waals surface area contributed by atoms with E-state index in [0.717, 1.165) is 50.0 Å². The van der Waals surface area contributed by atoms with Crippen LogP contribution in [0.15, 0.2) is 53.4 Å². The van der Waals surface area contributed by atoms with Crippen LogP contribution in [-0.2, 0) is 10.0 Å². The highest BCUT2D eigenvalue weighted by molar-refractivity contribution is 7.89. The van der Waals surface area contributed by atoms with E-state index in [4.69, 9.17) is 0 Å². The van der Waals surface area contributed by atoms with Crippen molar-refractivity contribution < 1.29 is 17.6 Å². The Kier molecular flexibility index (Phi) is 7.44. The van der Waals surface area contributed by atoms with Crippen LogP contribution in [0.25, 0.3) is 0 Å². The van der Waals surface area contributed by atoms with Gasteiger partial charge < -0.3 is 10.2 Å². The van der Waals surface area contributed by atoms with Gasteiger partial charge in [0.2, 0.25) is 10.0 Å². The maximum Gasteiger partial charge on any atom is 0.251 e. The maximum absolute atomic E-state index is 14.3. The monoisotopic (exact) mass is 433 g/mol. The average Bonchev–Trinajstić information content (AvgIpc) is 2.77. The summed E-state index contributed by atoms with van der Waals surface area (Å²) in [6.45, 7) is 1.95. The van der Waals surface area contributed by atoms with E-state index in [1.807, 2.05) is 37.4 Å². The van der Waals surface area contributed by atoms with Gasteiger partial charge in [0.25, 0.3) is 5.91 Å². The number of halogens is 1. The number of anilines is 1. The zero-order valence-corrected chi connectivity index (χ0v) is 18.0. The minimum Gasteiger partial charge on any atom is -0.375 e. The molecular weight excluding hydrogens is 405 g/mol. The van der Waals surface area contributed by atoms with Gasteiger partial charge in [0, 0.05) is 44.5 Å². The molecule has 1 amide bonds. The van der Waals surface area contributed by atoms with Crippen molar-refractivity contribution in [1.29, 1.82) is 0 Å². The second kappa shape index (κ2) is 10.0.